The summed E-state index contributed by atoms with van der Waals surface area (Å²) in [4.78, 5) is 22.8. The summed E-state index contributed by atoms with van der Waals surface area (Å²) < 4.78 is 9.98. The summed E-state index contributed by atoms with van der Waals surface area (Å²) in [6.45, 7) is 2.34. The first kappa shape index (κ1) is 15.8. The van der Waals surface area contributed by atoms with Crippen LogP contribution in [0.25, 0.3) is 0 Å². The molecule has 19 heavy (non-hydrogen) atoms. The molecule has 0 aromatic rings. The van der Waals surface area contributed by atoms with Gasteiger partial charge in [-0.15, -0.1) is 0 Å². The molecule has 0 saturated carbocycles. The number of hydrogen-bond acceptors (Lipinski definition) is 7. The lowest BCUT2D eigenvalue weighted by Crippen LogP contribution is -2.66. The van der Waals surface area contributed by atoms with E-state index in [-0.39, 0.29) is 6.61 Å². The summed E-state index contributed by atoms with van der Waals surface area (Å²) in [6, 6.07) is -1.13. The van der Waals surface area contributed by atoms with Crippen molar-refractivity contribution in [2.24, 2.45) is 0 Å². The molecule has 1 amide bonds. The fourth-order valence-electron chi connectivity index (χ4n) is 1.94. The second kappa shape index (κ2) is 6.80. The van der Waals surface area contributed by atoms with E-state index < -0.39 is 48.9 Å². The summed E-state index contributed by atoms with van der Waals surface area (Å²) >= 11 is 0. The maximum absolute atomic E-state index is 11.7. The number of amides is 1. The van der Waals surface area contributed by atoms with Crippen molar-refractivity contribution in [3.63, 3.8) is 0 Å². The Hall–Kier alpha value is -1.22. The molecule has 1 rings (SSSR count). The summed E-state index contributed by atoms with van der Waals surface area (Å²) in [5.74, 6) is -1.26. The smallest absolute Gasteiger partial charge is 0.337 e. The van der Waals surface area contributed by atoms with Gasteiger partial charge in [0.15, 0.2) is 6.10 Å². The molecule has 0 aliphatic carbocycles. The maximum atomic E-state index is 11.7. The summed E-state index contributed by atoms with van der Waals surface area (Å²) in [7, 11) is 0. The number of aliphatic hydroxyl groups excluding tert-OH is 3. The predicted octanol–water partition coefficient (Wildman–Crippen LogP) is -2.46. The van der Waals surface area contributed by atoms with Crippen LogP contribution in [0.15, 0.2) is 0 Å². The predicted molar refractivity (Wildman–Crippen MR) is 62.0 cm³/mol. The van der Waals surface area contributed by atoms with Crippen molar-refractivity contribution in [3.8, 4) is 0 Å². The lowest BCUT2D eigenvalue weighted by atomic mass is 9.92. The van der Waals surface area contributed by atoms with Gasteiger partial charge in [0.2, 0.25) is 5.91 Å². The third-order valence-corrected chi connectivity index (χ3v) is 2.82. The summed E-state index contributed by atoms with van der Waals surface area (Å²) in [5, 5.41) is 31.0. The zero-order valence-corrected chi connectivity index (χ0v) is 10.8. The minimum atomic E-state index is -1.44. The van der Waals surface area contributed by atoms with Gasteiger partial charge >= 0.3 is 5.97 Å². The van der Waals surface area contributed by atoms with Gasteiger partial charge in [0.05, 0.1) is 19.3 Å². The van der Waals surface area contributed by atoms with Gasteiger partial charge in [0, 0.05) is 6.92 Å². The molecule has 0 bridgehead atoms. The molecule has 0 radical (unpaired) electrons. The first-order valence-corrected chi connectivity index (χ1v) is 5.98. The Bertz CT molecular complexity index is 335. The molecule has 4 N–H and O–H groups in total. The van der Waals surface area contributed by atoms with Crippen LogP contribution in [0.2, 0.25) is 0 Å². The van der Waals surface area contributed by atoms with E-state index in [0.717, 1.165) is 0 Å². The number of aliphatic hydroxyl groups is 3. The van der Waals surface area contributed by atoms with E-state index in [1.807, 2.05) is 0 Å². The minimum Gasteiger partial charge on any atom is -0.464 e. The Kier molecular flexibility index (Phi) is 5.67. The molecule has 0 spiro atoms. The highest BCUT2D eigenvalue weighted by molar-refractivity contribution is 5.79. The molecule has 8 heteroatoms. The van der Waals surface area contributed by atoms with E-state index in [1.165, 1.54) is 6.92 Å². The highest BCUT2D eigenvalue weighted by atomic mass is 16.6. The molecule has 0 aromatic carbocycles. The summed E-state index contributed by atoms with van der Waals surface area (Å²) in [6.07, 6.45) is -5.24. The second-order valence-corrected chi connectivity index (χ2v) is 4.24. The normalized spacial score (nSPS) is 34.7. The lowest BCUT2D eigenvalue weighted by molar-refractivity contribution is -0.209. The van der Waals surface area contributed by atoms with Gasteiger partial charge < -0.3 is 30.1 Å². The van der Waals surface area contributed by atoms with Gasteiger partial charge in [0.1, 0.15) is 18.3 Å². The topological polar surface area (TPSA) is 125 Å². The zero-order chi connectivity index (χ0) is 14.6. The van der Waals surface area contributed by atoms with Crippen LogP contribution in [-0.2, 0) is 19.1 Å². The largest absolute Gasteiger partial charge is 0.464 e. The Morgan fingerprint density at radius 1 is 1.32 bits per heavy atom. The van der Waals surface area contributed by atoms with Crippen LogP contribution in [0.4, 0.5) is 0 Å². The van der Waals surface area contributed by atoms with Gasteiger partial charge in [-0.25, -0.2) is 4.79 Å². The molecule has 1 saturated heterocycles. The first-order chi connectivity index (χ1) is 8.92. The van der Waals surface area contributed by atoms with Crippen LogP contribution in [0.1, 0.15) is 13.8 Å². The average molecular weight is 277 g/mol. The quantitative estimate of drug-likeness (QED) is 0.420. The number of nitrogens with one attached hydrogen (secondary N) is 1. The minimum absolute atomic E-state index is 0.105. The standard InChI is InChI=1S/C11H19NO7/c1-3-18-11(17)10-7(12-5(2)14)9(16)8(15)6(4-13)19-10/h6-10,13,15-16H,3-4H2,1-2H3,(H,12,14)/t6-,7?,8?,9?,10?/m1/s1. The van der Waals surface area contributed by atoms with Crippen LogP contribution in [0.5, 0.6) is 0 Å². The van der Waals surface area contributed by atoms with Crippen molar-refractivity contribution in [1.29, 1.82) is 0 Å². The van der Waals surface area contributed by atoms with Gasteiger partial charge in [-0.05, 0) is 6.92 Å². The third-order valence-electron chi connectivity index (χ3n) is 2.82. The van der Waals surface area contributed by atoms with Gasteiger partial charge in [-0.2, -0.15) is 0 Å². The molecule has 0 aromatic heterocycles. The second-order valence-electron chi connectivity index (χ2n) is 4.24. The number of rotatable bonds is 4. The zero-order valence-electron chi connectivity index (χ0n) is 10.8. The molecule has 8 nitrogen and oxygen atoms in total. The molecule has 1 fully saturated rings. The van der Waals surface area contributed by atoms with Gasteiger partial charge in [-0.3, -0.25) is 4.79 Å². The van der Waals surface area contributed by atoms with E-state index in [4.69, 9.17) is 14.6 Å². The van der Waals surface area contributed by atoms with Crippen molar-refractivity contribution in [2.45, 2.75) is 44.3 Å². The summed E-state index contributed by atoms with van der Waals surface area (Å²) in [5.41, 5.74) is 0. The molecule has 1 aliphatic heterocycles. The molecule has 5 atom stereocenters. The fourth-order valence-corrected chi connectivity index (χ4v) is 1.94. The Labute approximate surface area is 110 Å². The first-order valence-electron chi connectivity index (χ1n) is 5.98. The maximum Gasteiger partial charge on any atom is 0.337 e. The van der Waals surface area contributed by atoms with Crippen molar-refractivity contribution in [1.82, 2.24) is 5.32 Å². The van der Waals surface area contributed by atoms with Crippen LogP contribution < -0.4 is 5.32 Å². The highest BCUT2D eigenvalue weighted by Gasteiger charge is 2.48. The van der Waals surface area contributed by atoms with Crippen LogP contribution in [0, 0.1) is 0 Å². The fraction of sp³-hybridized carbons (Fsp3) is 0.818. The Morgan fingerprint density at radius 2 is 1.95 bits per heavy atom. The molecular formula is C11H19NO7. The van der Waals surface area contributed by atoms with E-state index in [9.17, 15) is 19.8 Å². The Morgan fingerprint density at radius 3 is 2.42 bits per heavy atom. The molecule has 4 unspecified atom stereocenters. The van der Waals surface area contributed by atoms with Crippen molar-refractivity contribution >= 4 is 11.9 Å². The average Bonchev–Trinajstić information content (AvgIpc) is 2.35. The molecule has 1 aliphatic rings. The SMILES string of the molecule is CCOC(=O)C1O[C@H](CO)C(O)C(O)C1NC(C)=O. The molecule has 1 heterocycles. The van der Waals surface area contributed by atoms with Gasteiger partial charge in [-0.1, -0.05) is 0 Å². The number of ether oxygens (including phenoxy) is 2. The number of carbonyl (C=O) groups is 2. The van der Waals surface area contributed by atoms with E-state index in [2.05, 4.69) is 5.32 Å². The highest BCUT2D eigenvalue weighted by Crippen LogP contribution is 2.22. The third kappa shape index (κ3) is 3.63. The van der Waals surface area contributed by atoms with Crippen LogP contribution >= 0.6 is 0 Å². The lowest BCUT2D eigenvalue weighted by Gasteiger charge is -2.41. The van der Waals surface area contributed by atoms with Crippen LogP contribution in [0.3, 0.4) is 0 Å². The van der Waals surface area contributed by atoms with E-state index in [0.29, 0.717) is 0 Å². The van der Waals surface area contributed by atoms with Gasteiger partial charge in [0.25, 0.3) is 0 Å². The molecular weight excluding hydrogens is 258 g/mol. The molecule has 110 valence electrons. The van der Waals surface area contributed by atoms with E-state index in [1.54, 1.807) is 6.92 Å². The van der Waals surface area contributed by atoms with Crippen LogP contribution in [-0.4, -0.2) is 70.9 Å². The number of carbonyl (C=O) groups excluding carboxylic acids is 2. The van der Waals surface area contributed by atoms with Crippen molar-refractivity contribution in [3.05, 3.63) is 0 Å². The Balaban J connectivity index is 2.92. The van der Waals surface area contributed by atoms with E-state index >= 15 is 0 Å². The number of hydrogen-bond donors (Lipinski definition) is 4. The number of esters is 1. The monoisotopic (exact) mass is 277 g/mol. The van der Waals surface area contributed by atoms with Crippen molar-refractivity contribution < 1.29 is 34.4 Å². The van der Waals surface area contributed by atoms with Crippen molar-refractivity contribution in [2.75, 3.05) is 13.2 Å².